The molecular weight excluding hydrogens is 286 g/mol. The van der Waals surface area contributed by atoms with Crippen LogP contribution in [0, 0.1) is 0 Å². The molecule has 0 bridgehead atoms. The summed E-state index contributed by atoms with van der Waals surface area (Å²) in [5.41, 5.74) is -0.475. The maximum atomic E-state index is 12.5. The molecule has 0 spiro atoms. The average Bonchev–Trinajstić information content (AvgIpc) is 2.98. The van der Waals surface area contributed by atoms with Crippen LogP contribution in [0.5, 0.6) is 5.75 Å². The van der Waals surface area contributed by atoms with Gasteiger partial charge in [0.25, 0.3) is 0 Å². The molecule has 1 fully saturated rings. The third kappa shape index (κ3) is 3.22. The van der Waals surface area contributed by atoms with Crippen LogP contribution in [0.25, 0.3) is 0 Å². The third-order valence-electron chi connectivity index (χ3n) is 4.04. The first-order valence-corrected chi connectivity index (χ1v) is 7.29. The Morgan fingerprint density at radius 3 is 2.55 bits per heavy atom. The molecule has 1 aliphatic rings. The number of nitrogens with one attached hydrogen (secondary N) is 1. The highest BCUT2D eigenvalue weighted by molar-refractivity contribution is 5.90. The van der Waals surface area contributed by atoms with Crippen LogP contribution < -0.4 is 10.1 Å². The molecule has 1 amide bonds. The lowest BCUT2D eigenvalue weighted by atomic mass is 9.92. The first-order valence-electron chi connectivity index (χ1n) is 7.29. The first-order chi connectivity index (χ1) is 10.5. The van der Waals surface area contributed by atoms with Gasteiger partial charge in [-0.2, -0.15) is 0 Å². The van der Waals surface area contributed by atoms with Crippen molar-refractivity contribution in [3.05, 3.63) is 29.8 Å². The molecule has 6 nitrogen and oxygen atoms in total. The molecule has 6 heteroatoms. The molecule has 120 valence electrons. The number of hydrogen-bond acceptors (Lipinski definition) is 4. The van der Waals surface area contributed by atoms with Gasteiger partial charge in [-0.3, -0.25) is 4.79 Å². The molecule has 0 saturated carbocycles. The van der Waals surface area contributed by atoms with E-state index >= 15 is 0 Å². The summed E-state index contributed by atoms with van der Waals surface area (Å²) in [5.74, 6) is -1.03. The molecule has 0 aliphatic carbocycles. The number of ether oxygens (including phenoxy) is 2. The molecule has 2 atom stereocenters. The summed E-state index contributed by atoms with van der Waals surface area (Å²) in [5, 5.41) is 12.1. The largest absolute Gasteiger partial charge is 0.497 e. The molecule has 1 aromatic carbocycles. The molecule has 1 saturated heterocycles. The number of carbonyl (C=O) groups excluding carboxylic acids is 1. The molecular formula is C16H21NO5. The van der Waals surface area contributed by atoms with Crippen molar-refractivity contribution in [1.82, 2.24) is 5.32 Å². The molecule has 2 rings (SSSR count). The number of hydrogen-bond donors (Lipinski definition) is 2. The molecule has 1 heterocycles. The Kier molecular flexibility index (Phi) is 5.03. The van der Waals surface area contributed by atoms with Crippen LogP contribution in [0.3, 0.4) is 0 Å². The Balaban J connectivity index is 2.15. The minimum Gasteiger partial charge on any atom is -0.497 e. The van der Waals surface area contributed by atoms with Crippen LogP contribution >= 0.6 is 0 Å². The van der Waals surface area contributed by atoms with Gasteiger partial charge in [-0.15, -0.1) is 0 Å². The fraction of sp³-hybridized carbons (Fsp3) is 0.500. The summed E-state index contributed by atoms with van der Waals surface area (Å²) >= 11 is 0. The lowest BCUT2D eigenvalue weighted by molar-refractivity contribution is -0.147. The predicted octanol–water partition coefficient (Wildman–Crippen LogP) is 1.55. The zero-order valence-electron chi connectivity index (χ0n) is 12.8. The number of carboxylic acid groups (broad SMARTS) is 1. The van der Waals surface area contributed by atoms with Crippen molar-refractivity contribution in [2.75, 3.05) is 20.3 Å². The Hall–Kier alpha value is -2.08. The topological polar surface area (TPSA) is 84.9 Å². The smallest absolute Gasteiger partial charge is 0.331 e. The van der Waals surface area contributed by atoms with E-state index in [9.17, 15) is 14.7 Å². The number of carbonyl (C=O) groups is 2. The molecule has 22 heavy (non-hydrogen) atoms. The van der Waals surface area contributed by atoms with Crippen LogP contribution in [0.15, 0.2) is 24.3 Å². The van der Waals surface area contributed by atoms with Crippen LogP contribution in [0.4, 0.5) is 0 Å². The summed E-state index contributed by atoms with van der Waals surface area (Å²) < 4.78 is 10.3. The van der Waals surface area contributed by atoms with Gasteiger partial charge >= 0.3 is 5.97 Å². The zero-order valence-corrected chi connectivity index (χ0v) is 12.8. The van der Waals surface area contributed by atoms with E-state index in [1.807, 2.05) is 19.1 Å². The summed E-state index contributed by atoms with van der Waals surface area (Å²) in [6.45, 7) is 2.24. The number of methoxy groups -OCH3 is 1. The van der Waals surface area contributed by atoms with E-state index in [1.54, 1.807) is 19.2 Å². The molecule has 1 aliphatic heterocycles. The maximum Gasteiger partial charge on any atom is 0.331 e. The third-order valence-corrected chi connectivity index (χ3v) is 4.04. The SMILES string of the molecule is CCC(C(=O)NC1(C(=O)O)CCOC1)c1ccc(OC)cc1. The van der Waals surface area contributed by atoms with Gasteiger partial charge in [-0.25, -0.2) is 4.79 Å². The number of carboxylic acids is 1. The fourth-order valence-corrected chi connectivity index (χ4v) is 2.62. The molecule has 2 N–H and O–H groups in total. The highest BCUT2D eigenvalue weighted by Crippen LogP contribution is 2.25. The van der Waals surface area contributed by atoms with Gasteiger partial charge in [0, 0.05) is 13.0 Å². The lowest BCUT2D eigenvalue weighted by Crippen LogP contribution is -2.56. The standard InChI is InChI=1S/C16H21NO5/c1-3-13(11-4-6-12(21-2)7-5-11)14(18)17-16(15(19)20)8-9-22-10-16/h4-7,13H,3,8-10H2,1-2H3,(H,17,18)(H,19,20). The van der Waals surface area contributed by atoms with Crippen molar-refractivity contribution in [3.63, 3.8) is 0 Å². The van der Waals surface area contributed by atoms with Crippen molar-refractivity contribution in [3.8, 4) is 5.75 Å². The first kappa shape index (κ1) is 16.3. The van der Waals surface area contributed by atoms with E-state index in [2.05, 4.69) is 5.32 Å². The summed E-state index contributed by atoms with van der Waals surface area (Å²) in [4.78, 5) is 24.0. The van der Waals surface area contributed by atoms with Crippen LogP contribution in [0.2, 0.25) is 0 Å². The van der Waals surface area contributed by atoms with E-state index in [0.717, 1.165) is 5.56 Å². The second-order valence-electron chi connectivity index (χ2n) is 5.41. The Labute approximate surface area is 129 Å². The van der Waals surface area contributed by atoms with Crippen molar-refractivity contribution in [2.45, 2.75) is 31.2 Å². The van der Waals surface area contributed by atoms with Gasteiger partial charge < -0.3 is 19.9 Å². The zero-order chi connectivity index (χ0) is 16.2. The fourth-order valence-electron chi connectivity index (χ4n) is 2.62. The van der Waals surface area contributed by atoms with Crippen molar-refractivity contribution < 1.29 is 24.2 Å². The average molecular weight is 307 g/mol. The minimum atomic E-state index is -1.31. The molecule has 2 unspecified atom stereocenters. The highest BCUT2D eigenvalue weighted by Gasteiger charge is 2.44. The number of rotatable bonds is 6. The quantitative estimate of drug-likeness (QED) is 0.833. The minimum absolute atomic E-state index is 0.00706. The number of benzene rings is 1. The molecule has 0 aromatic heterocycles. The molecule has 0 radical (unpaired) electrons. The Morgan fingerprint density at radius 2 is 2.09 bits per heavy atom. The summed E-state index contributed by atoms with van der Waals surface area (Å²) in [6.07, 6.45) is 0.863. The summed E-state index contributed by atoms with van der Waals surface area (Å²) in [6, 6.07) is 7.23. The second-order valence-corrected chi connectivity index (χ2v) is 5.41. The van der Waals surface area contributed by atoms with Gasteiger partial charge in [0.2, 0.25) is 5.91 Å². The van der Waals surface area contributed by atoms with E-state index < -0.39 is 17.4 Å². The normalized spacial score (nSPS) is 22.1. The van der Waals surface area contributed by atoms with Crippen LogP contribution in [-0.4, -0.2) is 42.8 Å². The second kappa shape index (κ2) is 6.79. The number of aliphatic carboxylic acids is 1. The molecule has 1 aromatic rings. The van der Waals surface area contributed by atoms with E-state index in [4.69, 9.17) is 9.47 Å². The summed E-state index contributed by atoms with van der Waals surface area (Å²) in [7, 11) is 1.58. The van der Waals surface area contributed by atoms with E-state index in [-0.39, 0.29) is 18.9 Å². The van der Waals surface area contributed by atoms with Gasteiger partial charge in [-0.1, -0.05) is 19.1 Å². The van der Waals surface area contributed by atoms with Crippen LogP contribution in [-0.2, 0) is 14.3 Å². The van der Waals surface area contributed by atoms with Crippen LogP contribution in [0.1, 0.15) is 31.2 Å². The lowest BCUT2D eigenvalue weighted by Gasteiger charge is -2.26. The predicted molar refractivity (Wildman–Crippen MR) is 80.0 cm³/mol. The van der Waals surface area contributed by atoms with Crippen molar-refractivity contribution >= 4 is 11.9 Å². The monoisotopic (exact) mass is 307 g/mol. The number of amides is 1. The van der Waals surface area contributed by atoms with E-state index in [0.29, 0.717) is 18.8 Å². The van der Waals surface area contributed by atoms with Crippen molar-refractivity contribution in [1.29, 1.82) is 0 Å². The van der Waals surface area contributed by atoms with Crippen molar-refractivity contribution in [2.24, 2.45) is 0 Å². The van der Waals surface area contributed by atoms with Gasteiger partial charge in [0.05, 0.1) is 19.6 Å². The van der Waals surface area contributed by atoms with E-state index in [1.165, 1.54) is 0 Å². The Bertz CT molecular complexity index is 534. The highest BCUT2D eigenvalue weighted by atomic mass is 16.5. The Morgan fingerprint density at radius 1 is 1.41 bits per heavy atom. The van der Waals surface area contributed by atoms with Gasteiger partial charge in [-0.05, 0) is 24.1 Å². The van der Waals surface area contributed by atoms with Gasteiger partial charge in [0.15, 0.2) is 5.54 Å². The maximum absolute atomic E-state index is 12.5. The van der Waals surface area contributed by atoms with Gasteiger partial charge in [0.1, 0.15) is 5.75 Å².